The highest BCUT2D eigenvalue weighted by molar-refractivity contribution is 6.28. The van der Waals surface area contributed by atoms with Crippen molar-refractivity contribution in [3.05, 3.63) is 204 Å². The summed E-state index contributed by atoms with van der Waals surface area (Å²) in [7, 11) is 0. The van der Waals surface area contributed by atoms with E-state index in [1.165, 1.54) is 71.4 Å². The molecule has 0 spiro atoms. The van der Waals surface area contributed by atoms with Crippen molar-refractivity contribution in [1.29, 1.82) is 0 Å². The Bertz CT molecular complexity index is 3640. The zero-order chi connectivity index (χ0) is 46.6. The van der Waals surface area contributed by atoms with E-state index in [9.17, 15) is 0 Å². The van der Waals surface area contributed by atoms with Crippen LogP contribution in [0.15, 0.2) is 186 Å². The fourth-order valence-corrected chi connectivity index (χ4v) is 11.3. The lowest BCUT2D eigenvalue weighted by molar-refractivity contribution is 0.254. The van der Waals surface area contributed by atoms with Crippen LogP contribution in [0.3, 0.4) is 0 Å². The van der Waals surface area contributed by atoms with Crippen LogP contribution in [0.1, 0.15) is 77.1 Å². The third kappa shape index (κ3) is 6.79. The molecule has 336 valence electrons. The highest BCUT2D eigenvalue weighted by Crippen LogP contribution is 2.50. The molecule has 0 saturated carbocycles. The lowest BCUT2D eigenvalue weighted by Gasteiger charge is -2.35. The quantitative estimate of drug-likeness (QED) is 0.156. The highest BCUT2D eigenvalue weighted by Gasteiger charge is 2.37. The predicted octanol–water partition coefficient (Wildman–Crippen LogP) is 17.3. The Hall–Kier alpha value is -7.30. The SMILES string of the molecule is CC1=CC=CC(N(c2ccc3ccc4c(N(c5ccc(C)cc5)C5C=CC=C6c7cccc(C(C)(C)C)c7OC6C5)ccc5ccc2c3c54)c2cccc3c2oc2c(C(C)(C)C)cccc23)C=C1. The molecule has 0 amide bonds. The summed E-state index contributed by atoms with van der Waals surface area (Å²) in [6.07, 6.45) is 18.9. The first-order valence-electron chi connectivity index (χ1n) is 24.3. The molecule has 0 bridgehead atoms. The molecule has 0 saturated heterocycles. The van der Waals surface area contributed by atoms with E-state index in [2.05, 4.69) is 241 Å². The number of furan rings is 1. The summed E-state index contributed by atoms with van der Waals surface area (Å²) in [5.41, 5.74) is 13.7. The van der Waals surface area contributed by atoms with Crippen LogP contribution in [0, 0.1) is 6.92 Å². The molecule has 2 aliphatic carbocycles. The number of aryl methyl sites for hydroxylation is 1. The van der Waals surface area contributed by atoms with Crippen LogP contribution < -0.4 is 14.5 Å². The van der Waals surface area contributed by atoms with E-state index in [-0.39, 0.29) is 29.0 Å². The third-order valence-electron chi connectivity index (χ3n) is 14.7. The monoisotopic (exact) mass is 886 g/mol. The second-order valence-electron chi connectivity index (χ2n) is 21.3. The van der Waals surface area contributed by atoms with Gasteiger partial charge in [0.2, 0.25) is 0 Å². The molecule has 4 heteroatoms. The summed E-state index contributed by atoms with van der Waals surface area (Å²) < 4.78 is 14.1. The molecule has 0 fully saturated rings. The van der Waals surface area contributed by atoms with Gasteiger partial charge in [0.25, 0.3) is 0 Å². The molecule has 8 aromatic carbocycles. The van der Waals surface area contributed by atoms with E-state index in [1.807, 2.05) is 0 Å². The molecule has 2 heterocycles. The van der Waals surface area contributed by atoms with E-state index in [4.69, 9.17) is 9.15 Å². The van der Waals surface area contributed by atoms with Gasteiger partial charge in [0, 0.05) is 61.6 Å². The van der Waals surface area contributed by atoms with Crippen molar-refractivity contribution in [3.63, 3.8) is 0 Å². The molecule has 12 rings (SSSR count). The van der Waals surface area contributed by atoms with Crippen LogP contribution in [0.5, 0.6) is 5.75 Å². The standard InChI is InChI=1S/C64H58N2O2/c1-39-14-9-15-43(31-24-39)66(56-23-13-20-49-48-19-12-22-53(64(6,7)8)61(48)68-62(49)56)55-37-30-42-27-34-50-54(36-29-41-28-35-51(55)59(42)58(41)50)65(44-32-25-40(2)26-33-44)45-16-10-17-46-47-18-11-21-52(63(3,4)5)60(47)67-57(46)38-45/h9-37,43,45,57H,38H2,1-8H3. The molecular formula is C64H58N2O2. The van der Waals surface area contributed by atoms with Gasteiger partial charge in [-0.15, -0.1) is 0 Å². The number of fused-ring (bicyclic) bond motifs is 6. The van der Waals surface area contributed by atoms with Gasteiger partial charge < -0.3 is 19.0 Å². The number of rotatable bonds is 6. The first-order chi connectivity index (χ1) is 32.8. The Kier molecular flexibility index (Phi) is 9.68. The maximum absolute atomic E-state index is 7.11. The molecule has 3 aliphatic rings. The van der Waals surface area contributed by atoms with Crippen LogP contribution in [0.4, 0.5) is 22.7 Å². The second kappa shape index (κ2) is 15.6. The lowest BCUT2D eigenvalue weighted by Crippen LogP contribution is -2.33. The van der Waals surface area contributed by atoms with E-state index >= 15 is 0 Å². The molecule has 1 aliphatic heterocycles. The Labute approximate surface area is 400 Å². The van der Waals surface area contributed by atoms with Crippen molar-refractivity contribution < 1.29 is 9.15 Å². The van der Waals surface area contributed by atoms with Crippen LogP contribution in [-0.4, -0.2) is 18.2 Å². The molecule has 0 N–H and O–H groups in total. The molecule has 0 radical (unpaired) electrons. The molecule has 68 heavy (non-hydrogen) atoms. The Morgan fingerprint density at radius 1 is 0.529 bits per heavy atom. The van der Waals surface area contributed by atoms with Gasteiger partial charge in [-0.25, -0.2) is 0 Å². The molecule has 9 aromatic rings. The lowest BCUT2D eigenvalue weighted by atomic mass is 9.84. The number of ether oxygens (including phenoxy) is 1. The van der Waals surface area contributed by atoms with Crippen molar-refractivity contribution >= 4 is 82.6 Å². The summed E-state index contributed by atoms with van der Waals surface area (Å²) in [5.74, 6) is 1.03. The van der Waals surface area contributed by atoms with Gasteiger partial charge in [-0.2, -0.15) is 0 Å². The summed E-state index contributed by atoms with van der Waals surface area (Å²) in [6, 6.07) is 47.5. The van der Waals surface area contributed by atoms with Gasteiger partial charge in [-0.3, -0.25) is 0 Å². The number of hydrogen-bond acceptors (Lipinski definition) is 4. The smallest absolute Gasteiger partial charge is 0.159 e. The molecule has 1 aromatic heterocycles. The van der Waals surface area contributed by atoms with Crippen molar-refractivity contribution in [3.8, 4) is 5.75 Å². The predicted molar refractivity (Wildman–Crippen MR) is 289 cm³/mol. The number of hydrogen-bond donors (Lipinski definition) is 0. The second-order valence-corrected chi connectivity index (χ2v) is 21.3. The normalized spacial score (nSPS) is 18.2. The number of nitrogens with zero attached hydrogens (tertiary/aromatic N) is 2. The number of benzene rings is 8. The van der Waals surface area contributed by atoms with Crippen LogP contribution >= 0.6 is 0 Å². The Morgan fingerprint density at radius 3 is 1.85 bits per heavy atom. The van der Waals surface area contributed by atoms with Gasteiger partial charge >= 0.3 is 0 Å². The van der Waals surface area contributed by atoms with Gasteiger partial charge in [-0.1, -0.05) is 198 Å². The molecular weight excluding hydrogens is 829 g/mol. The van der Waals surface area contributed by atoms with Gasteiger partial charge in [0.1, 0.15) is 17.4 Å². The first-order valence-corrected chi connectivity index (χ1v) is 24.3. The minimum Gasteiger partial charge on any atom is -0.485 e. The van der Waals surface area contributed by atoms with Crippen molar-refractivity contribution in [2.24, 2.45) is 0 Å². The zero-order valence-electron chi connectivity index (χ0n) is 40.4. The Morgan fingerprint density at radius 2 is 1.15 bits per heavy atom. The zero-order valence-corrected chi connectivity index (χ0v) is 40.4. The summed E-state index contributed by atoms with van der Waals surface area (Å²) in [6.45, 7) is 18.0. The minimum absolute atomic E-state index is 0.0161. The Balaban J connectivity index is 1.04. The van der Waals surface area contributed by atoms with Crippen LogP contribution in [0.2, 0.25) is 0 Å². The van der Waals surface area contributed by atoms with E-state index in [1.54, 1.807) is 0 Å². The third-order valence-corrected chi connectivity index (χ3v) is 14.7. The summed E-state index contributed by atoms with van der Waals surface area (Å²) >= 11 is 0. The van der Waals surface area contributed by atoms with Crippen LogP contribution in [-0.2, 0) is 10.8 Å². The first kappa shape index (κ1) is 42.1. The van der Waals surface area contributed by atoms with E-state index < -0.39 is 0 Å². The molecule has 3 atom stereocenters. The highest BCUT2D eigenvalue weighted by atomic mass is 16.5. The maximum atomic E-state index is 7.11. The van der Waals surface area contributed by atoms with Crippen LogP contribution in [0.25, 0.3) is 59.8 Å². The largest absolute Gasteiger partial charge is 0.485 e. The fourth-order valence-electron chi connectivity index (χ4n) is 11.3. The minimum atomic E-state index is -0.0837. The number of anilines is 4. The van der Waals surface area contributed by atoms with Crippen molar-refractivity contribution in [2.75, 3.05) is 9.80 Å². The van der Waals surface area contributed by atoms with Crippen molar-refractivity contribution in [2.45, 2.75) is 90.8 Å². The molecule has 3 unspecified atom stereocenters. The number of allylic oxidation sites excluding steroid dienone is 6. The van der Waals surface area contributed by atoms with Gasteiger partial charge in [0.15, 0.2) is 5.58 Å². The van der Waals surface area contributed by atoms with Gasteiger partial charge in [0.05, 0.1) is 23.5 Å². The summed E-state index contributed by atoms with van der Waals surface area (Å²) in [4.78, 5) is 5.06. The topological polar surface area (TPSA) is 28.9 Å². The fraction of sp³-hybridized carbons (Fsp3) is 0.219. The average Bonchev–Trinajstić information content (AvgIpc) is 3.70. The number of para-hydroxylation sites is 3. The van der Waals surface area contributed by atoms with E-state index in [0.29, 0.717) is 0 Å². The average molecular weight is 887 g/mol. The van der Waals surface area contributed by atoms with Gasteiger partial charge in [-0.05, 0) is 76.6 Å². The maximum Gasteiger partial charge on any atom is 0.159 e. The molecule has 4 nitrogen and oxygen atoms in total. The summed E-state index contributed by atoms with van der Waals surface area (Å²) in [5, 5.41) is 9.68. The van der Waals surface area contributed by atoms with Crippen molar-refractivity contribution in [1.82, 2.24) is 0 Å². The van der Waals surface area contributed by atoms with E-state index in [0.717, 1.165) is 51.2 Å².